The third-order valence-electron chi connectivity index (χ3n) is 4.85. The first-order chi connectivity index (χ1) is 11.1. The van der Waals surface area contributed by atoms with Crippen LogP contribution >= 0.6 is 0 Å². The van der Waals surface area contributed by atoms with Crippen molar-refractivity contribution in [2.75, 3.05) is 32.2 Å². The molecule has 126 valence electrons. The summed E-state index contributed by atoms with van der Waals surface area (Å²) >= 11 is 0. The van der Waals surface area contributed by atoms with Crippen LogP contribution in [0.2, 0.25) is 0 Å². The van der Waals surface area contributed by atoms with Crippen molar-refractivity contribution in [3.05, 3.63) is 30.1 Å². The van der Waals surface area contributed by atoms with E-state index in [9.17, 15) is 9.18 Å². The van der Waals surface area contributed by atoms with E-state index in [0.29, 0.717) is 18.8 Å². The van der Waals surface area contributed by atoms with Gasteiger partial charge in [-0.3, -0.25) is 4.90 Å². The Kier molecular flexibility index (Phi) is 4.82. The normalized spacial score (nSPS) is 27.4. The summed E-state index contributed by atoms with van der Waals surface area (Å²) < 4.78 is 24.4. The molecule has 0 bridgehead atoms. The second kappa shape index (κ2) is 6.84. The summed E-state index contributed by atoms with van der Waals surface area (Å²) in [6, 6.07) is 5.92. The Hall–Kier alpha value is -1.66. The maximum absolute atomic E-state index is 13.1. The number of morpholine rings is 1. The average molecular weight is 322 g/mol. The number of ether oxygens (including phenoxy) is 2. The molecule has 2 fully saturated rings. The van der Waals surface area contributed by atoms with Crippen molar-refractivity contribution < 1.29 is 18.7 Å². The van der Waals surface area contributed by atoms with Gasteiger partial charge < -0.3 is 14.4 Å². The van der Waals surface area contributed by atoms with Crippen molar-refractivity contribution in [2.45, 2.75) is 37.5 Å². The molecule has 1 aromatic rings. The van der Waals surface area contributed by atoms with E-state index in [2.05, 4.69) is 0 Å². The Morgan fingerprint density at radius 1 is 1.35 bits per heavy atom. The molecule has 0 radical (unpaired) electrons. The Bertz CT molecular complexity index is 551. The smallest absolute Gasteiger partial charge is 0.324 e. The monoisotopic (exact) mass is 322 g/mol. The highest BCUT2D eigenvalue weighted by atomic mass is 19.1. The van der Waals surface area contributed by atoms with Gasteiger partial charge in [0.1, 0.15) is 5.82 Å². The largest absolute Gasteiger partial charge is 0.381 e. The van der Waals surface area contributed by atoms with Crippen LogP contribution in [0.15, 0.2) is 24.3 Å². The highest BCUT2D eigenvalue weighted by molar-refractivity contribution is 5.91. The third kappa shape index (κ3) is 3.33. The molecule has 2 aliphatic rings. The van der Waals surface area contributed by atoms with Crippen LogP contribution in [0.25, 0.3) is 0 Å². The maximum Gasteiger partial charge on any atom is 0.324 e. The molecule has 1 saturated carbocycles. The lowest BCUT2D eigenvalue weighted by molar-refractivity contribution is -0.0976. The highest BCUT2D eigenvalue weighted by Gasteiger charge is 2.40. The molecule has 0 N–H and O–H groups in total. The molecule has 23 heavy (non-hydrogen) atoms. The minimum Gasteiger partial charge on any atom is -0.381 e. The predicted octanol–water partition coefficient (Wildman–Crippen LogP) is 2.65. The van der Waals surface area contributed by atoms with E-state index in [1.165, 1.54) is 12.1 Å². The van der Waals surface area contributed by atoms with Crippen molar-refractivity contribution in [3.63, 3.8) is 0 Å². The Labute approximate surface area is 136 Å². The third-order valence-corrected chi connectivity index (χ3v) is 4.85. The second-order valence-electron chi connectivity index (χ2n) is 6.16. The van der Waals surface area contributed by atoms with Crippen LogP contribution in [0.1, 0.15) is 19.3 Å². The van der Waals surface area contributed by atoms with Gasteiger partial charge >= 0.3 is 6.03 Å². The number of amides is 2. The molecule has 3 unspecified atom stereocenters. The molecule has 1 heterocycles. The van der Waals surface area contributed by atoms with Gasteiger partial charge in [0.15, 0.2) is 0 Å². The van der Waals surface area contributed by atoms with Gasteiger partial charge in [-0.05, 0) is 43.5 Å². The van der Waals surface area contributed by atoms with Gasteiger partial charge in [-0.1, -0.05) is 0 Å². The topological polar surface area (TPSA) is 42.0 Å². The van der Waals surface area contributed by atoms with Crippen molar-refractivity contribution in [1.82, 2.24) is 4.90 Å². The van der Waals surface area contributed by atoms with Crippen LogP contribution in [-0.2, 0) is 9.47 Å². The quantitative estimate of drug-likeness (QED) is 0.840. The second-order valence-corrected chi connectivity index (χ2v) is 6.16. The molecule has 1 saturated heterocycles. The van der Waals surface area contributed by atoms with Gasteiger partial charge in [0, 0.05) is 26.4 Å². The van der Waals surface area contributed by atoms with Gasteiger partial charge in [0.25, 0.3) is 0 Å². The zero-order chi connectivity index (χ0) is 16.4. The van der Waals surface area contributed by atoms with Crippen LogP contribution in [-0.4, -0.2) is 56.5 Å². The number of hydrogen-bond acceptors (Lipinski definition) is 3. The van der Waals surface area contributed by atoms with Crippen molar-refractivity contribution in [2.24, 2.45) is 0 Å². The molecule has 3 atom stereocenters. The molecule has 3 rings (SSSR count). The van der Waals surface area contributed by atoms with Crippen LogP contribution < -0.4 is 4.90 Å². The maximum atomic E-state index is 13.1. The first kappa shape index (κ1) is 16.2. The SMILES string of the molecule is COC1CCC2OCCN(C(=O)N(C)c3ccc(F)cc3)C2C1. The molecule has 1 aliphatic carbocycles. The van der Waals surface area contributed by atoms with E-state index < -0.39 is 0 Å². The summed E-state index contributed by atoms with van der Waals surface area (Å²) in [6.07, 6.45) is 2.93. The summed E-state index contributed by atoms with van der Waals surface area (Å²) in [4.78, 5) is 16.3. The number of fused-ring (bicyclic) bond motifs is 1. The number of urea groups is 1. The van der Waals surface area contributed by atoms with E-state index in [4.69, 9.17) is 9.47 Å². The van der Waals surface area contributed by atoms with E-state index in [-0.39, 0.29) is 30.1 Å². The fraction of sp³-hybridized carbons (Fsp3) is 0.588. The molecular formula is C17H23FN2O3. The van der Waals surface area contributed by atoms with Crippen molar-refractivity contribution in [1.29, 1.82) is 0 Å². The van der Waals surface area contributed by atoms with Crippen LogP contribution in [0.3, 0.4) is 0 Å². The lowest BCUT2D eigenvalue weighted by Gasteiger charge is -2.46. The summed E-state index contributed by atoms with van der Waals surface area (Å²) in [5.74, 6) is -0.309. The van der Waals surface area contributed by atoms with Crippen molar-refractivity contribution >= 4 is 11.7 Å². The van der Waals surface area contributed by atoms with E-state index in [1.807, 2.05) is 4.90 Å². The Balaban J connectivity index is 1.75. The van der Waals surface area contributed by atoms with Gasteiger partial charge in [-0.2, -0.15) is 0 Å². The fourth-order valence-corrected chi connectivity index (χ4v) is 3.49. The summed E-state index contributed by atoms with van der Waals surface area (Å²) in [7, 11) is 3.43. The number of anilines is 1. The number of benzene rings is 1. The van der Waals surface area contributed by atoms with Crippen LogP contribution in [0, 0.1) is 5.82 Å². The number of carbonyl (C=O) groups excluding carboxylic acids is 1. The minimum atomic E-state index is -0.309. The van der Waals surface area contributed by atoms with Crippen LogP contribution in [0.4, 0.5) is 14.9 Å². The van der Waals surface area contributed by atoms with Gasteiger partial charge in [-0.25, -0.2) is 9.18 Å². The first-order valence-corrected chi connectivity index (χ1v) is 8.04. The zero-order valence-corrected chi connectivity index (χ0v) is 13.6. The van der Waals surface area contributed by atoms with Gasteiger partial charge in [-0.15, -0.1) is 0 Å². The average Bonchev–Trinajstić information content (AvgIpc) is 2.60. The Morgan fingerprint density at radius 3 is 2.78 bits per heavy atom. The molecule has 1 aromatic carbocycles. The number of hydrogen-bond donors (Lipinski definition) is 0. The zero-order valence-electron chi connectivity index (χ0n) is 13.6. The van der Waals surface area contributed by atoms with E-state index >= 15 is 0 Å². The molecular weight excluding hydrogens is 299 g/mol. The molecule has 2 amide bonds. The highest BCUT2D eigenvalue weighted by Crippen LogP contribution is 2.31. The molecule has 5 nitrogen and oxygen atoms in total. The summed E-state index contributed by atoms with van der Waals surface area (Å²) in [5, 5.41) is 0. The van der Waals surface area contributed by atoms with Gasteiger partial charge in [0.05, 0.1) is 24.9 Å². The minimum absolute atomic E-state index is 0.0397. The standard InChI is InChI=1S/C17H23FN2O3/c1-19(13-5-3-12(18)4-6-13)17(21)20-9-10-23-16-8-7-14(22-2)11-15(16)20/h3-6,14-16H,7-11H2,1-2H3. The number of halogens is 1. The van der Waals surface area contributed by atoms with Crippen LogP contribution in [0.5, 0.6) is 0 Å². The molecule has 0 aromatic heterocycles. The number of rotatable bonds is 2. The molecule has 1 aliphatic heterocycles. The lowest BCUT2D eigenvalue weighted by Crippen LogP contribution is -2.59. The fourth-order valence-electron chi connectivity index (χ4n) is 3.49. The lowest BCUT2D eigenvalue weighted by atomic mass is 9.88. The van der Waals surface area contributed by atoms with Gasteiger partial charge in [0.2, 0.25) is 0 Å². The molecule has 6 heteroatoms. The van der Waals surface area contributed by atoms with Crippen molar-refractivity contribution in [3.8, 4) is 0 Å². The summed E-state index contributed by atoms with van der Waals surface area (Å²) in [5.41, 5.74) is 0.679. The number of nitrogens with zero attached hydrogens (tertiary/aromatic N) is 2. The van der Waals surface area contributed by atoms with E-state index in [1.54, 1.807) is 31.2 Å². The predicted molar refractivity (Wildman–Crippen MR) is 85.1 cm³/mol. The number of methoxy groups -OCH3 is 1. The number of carbonyl (C=O) groups is 1. The molecule has 0 spiro atoms. The van der Waals surface area contributed by atoms with E-state index in [0.717, 1.165) is 19.3 Å². The summed E-state index contributed by atoms with van der Waals surface area (Å²) in [6.45, 7) is 1.13. The Morgan fingerprint density at radius 2 is 2.09 bits per heavy atom. The first-order valence-electron chi connectivity index (χ1n) is 8.04.